The lowest BCUT2D eigenvalue weighted by Crippen LogP contribution is -2.10. The van der Waals surface area contributed by atoms with Crippen molar-refractivity contribution in [3.8, 4) is 5.75 Å². The van der Waals surface area contributed by atoms with Gasteiger partial charge in [-0.1, -0.05) is 0 Å². The maximum atomic E-state index is 11.4. The zero-order valence-corrected chi connectivity index (χ0v) is 11.6. The van der Waals surface area contributed by atoms with Crippen LogP contribution in [0, 0.1) is 6.92 Å². The van der Waals surface area contributed by atoms with E-state index >= 15 is 0 Å². The summed E-state index contributed by atoms with van der Waals surface area (Å²) in [6.07, 6.45) is 0. The standard InChI is InChI=1S/C14H18N4O2/c1-3-20-12-5-4-11(6-10(12)8-15)18-13-7-14(19)17-9(2)16-13/h4-7H,3,8,15H2,1-2H3,(H2,16,17,18,19). The Labute approximate surface area is 117 Å². The average Bonchev–Trinajstić information content (AvgIpc) is 2.39. The number of hydrogen-bond acceptors (Lipinski definition) is 5. The highest BCUT2D eigenvalue weighted by molar-refractivity contribution is 5.59. The molecule has 0 amide bonds. The van der Waals surface area contributed by atoms with Gasteiger partial charge in [0.25, 0.3) is 5.56 Å². The normalized spacial score (nSPS) is 10.3. The number of rotatable bonds is 5. The first-order valence-electron chi connectivity index (χ1n) is 6.43. The van der Waals surface area contributed by atoms with Gasteiger partial charge in [-0.2, -0.15) is 0 Å². The van der Waals surface area contributed by atoms with Crippen molar-refractivity contribution in [1.82, 2.24) is 9.97 Å². The Balaban J connectivity index is 2.27. The van der Waals surface area contributed by atoms with Crippen molar-refractivity contribution in [2.24, 2.45) is 5.73 Å². The van der Waals surface area contributed by atoms with Gasteiger partial charge in [0.15, 0.2) is 0 Å². The molecule has 6 nitrogen and oxygen atoms in total. The Morgan fingerprint density at radius 2 is 2.20 bits per heavy atom. The molecule has 0 bridgehead atoms. The van der Waals surface area contributed by atoms with E-state index in [0.717, 1.165) is 17.0 Å². The van der Waals surface area contributed by atoms with Crippen LogP contribution >= 0.6 is 0 Å². The lowest BCUT2D eigenvalue weighted by molar-refractivity contribution is 0.336. The minimum atomic E-state index is -0.190. The zero-order chi connectivity index (χ0) is 14.5. The predicted molar refractivity (Wildman–Crippen MR) is 78.4 cm³/mol. The van der Waals surface area contributed by atoms with E-state index in [2.05, 4.69) is 15.3 Å². The summed E-state index contributed by atoms with van der Waals surface area (Å²) in [4.78, 5) is 18.2. The summed E-state index contributed by atoms with van der Waals surface area (Å²) in [5, 5.41) is 3.09. The van der Waals surface area contributed by atoms with Gasteiger partial charge in [-0.15, -0.1) is 0 Å². The molecule has 0 atom stereocenters. The lowest BCUT2D eigenvalue weighted by atomic mass is 10.1. The third kappa shape index (κ3) is 3.36. The Hall–Kier alpha value is -2.34. The summed E-state index contributed by atoms with van der Waals surface area (Å²) < 4.78 is 5.49. The first-order valence-corrected chi connectivity index (χ1v) is 6.43. The molecule has 0 unspecified atom stereocenters. The third-order valence-electron chi connectivity index (χ3n) is 2.71. The Morgan fingerprint density at radius 3 is 2.85 bits per heavy atom. The molecule has 1 heterocycles. The van der Waals surface area contributed by atoms with Crippen LogP contribution in [0.5, 0.6) is 5.75 Å². The maximum Gasteiger partial charge on any atom is 0.252 e. The molecule has 0 spiro atoms. The minimum Gasteiger partial charge on any atom is -0.494 e. The summed E-state index contributed by atoms with van der Waals surface area (Å²) in [6.45, 7) is 4.63. The molecule has 4 N–H and O–H groups in total. The largest absolute Gasteiger partial charge is 0.494 e. The SMILES string of the molecule is CCOc1ccc(Nc2cc(=O)[nH]c(C)n2)cc1CN. The van der Waals surface area contributed by atoms with Gasteiger partial charge < -0.3 is 20.8 Å². The van der Waals surface area contributed by atoms with E-state index < -0.39 is 0 Å². The fourth-order valence-corrected chi connectivity index (χ4v) is 1.90. The van der Waals surface area contributed by atoms with Crippen molar-refractivity contribution in [3.05, 3.63) is 46.0 Å². The molecular formula is C14H18N4O2. The summed E-state index contributed by atoms with van der Waals surface area (Å²) in [6, 6.07) is 7.02. The van der Waals surface area contributed by atoms with E-state index in [9.17, 15) is 4.79 Å². The minimum absolute atomic E-state index is 0.190. The van der Waals surface area contributed by atoms with Crippen LogP contribution in [0.2, 0.25) is 0 Å². The fourth-order valence-electron chi connectivity index (χ4n) is 1.90. The molecule has 0 aliphatic carbocycles. The van der Waals surface area contributed by atoms with Gasteiger partial charge in [0.05, 0.1) is 6.61 Å². The molecule has 20 heavy (non-hydrogen) atoms. The molecule has 1 aromatic heterocycles. The fraction of sp³-hybridized carbons (Fsp3) is 0.286. The van der Waals surface area contributed by atoms with Crippen LogP contribution < -0.4 is 21.3 Å². The molecule has 0 radical (unpaired) electrons. The van der Waals surface area contributed by atoms with Crippen molar-refractivity contribution in [1.29, 1.82) is 0 Å². The highest BCUT2D eigenvalue weighted by Gasteiger charge is 2.05. The second-order valence-corrected chi connectivity index (χ2v) is 4.30. The second kappa shape index (κ2) is 6.21. The van der Waals surface area contributed by atoms with Crippen molar-refractivity contribution in [3.63, 3.8) is 0 Å². The van der Waals surface area contributed by atoms with E-state index in [0.29, 0.717) is 24.8 Å². The van der Waals surface area contributed by atoms with Gasteiger partial charge in [0, 0.05) is 23.9 Å². The van der Waals surface area contributed by atoms with Crippen LogP contribution in [-0.2, 0) is 6.54 Å². The number of hydrogen-bond donors (Lipinski definition) is 3. The summed E-state index contributed by atoms with van der Waals surface area (Å²) in [5.74, 6) is 1.83. The van der Waals surface area contributed by atoms with Crippen LogP contribution in [0.25, 0.3) is 0 Å². The topological polar surface area (TPSA) is 93.0 Å². The molecule has 0 aliphatic heterocycles. The lowest BCUT2D eigenvalue weighted by Gasteiger charge is -2.12. The van der Waals surface area contributed by atoms with E-state index in [1.165, 1.54) is 6.07 Å². The van der Waals surface area contributed by atoms with E-state index in [-0.39, 0.29) is 5.56 Å². The van der Waals surface area contributed by atoms with Gasteiger partial charge in [-0.05, 0) is 32.0 Å². The molecule has 0 fully saturated rings. The number of aryl methyl sites for hydroxylation is 1. The number of aromatic nitrogens is 2. The molecule has 0 saturated heterocycles. The van der Waals surface area contributed by atoms with Crippen LogP contribution in [0.1, 0.15) is 18.3 Å². The third-order valence-corrected chi connectivity index (χ3v) is 2.71. The van der Waals surface area contributed by atoms with Gasteiger partial charge in [-0.25, -0.2) is 4.98 Å². The highest BCUT2D eigenvalue weighted by atomic mass is 16.5. The number of H-pyrrole nitrogens is 1. The van der Waals surface area contributed by atoms with Crippen LogP contribution in [0.3, 0.4) is 0 Å². The molecule has 2 aromatic rings. The number of benzene rings is 1. The Kier molecular flexibility index (Phi) is 4.37. The Bertz CT molecular complexity index is 652. The van der Waals surface area contributed by atoms with Gasteiger partial charge in [0.1, 0.15) is 17.4 Å². The zero-order valence-electron chi connectivity index (χ0n) is 11.6. The van der Waals surface area contributed by atoms with Crippen LogP contribution in [-0.4, -0.2) is 16.6 Å². The quantitative estimate of drug-likeness (QED) is 0.771. The number of nitrogens with one attached hydrogen (secondary N) is 2. The molecule has 1 aromatic carbocycles. The van der Waals surface area contributed by atoms with Crippen molar-refractivity contribution < 1.29 is 4.74 Å². The summed E-state index contributed by atoms with van der Waals surface area (Å²) in [7, 11) is 0. The molecular weight excluding hydrogens is 256 g/mol. The monoisotopic (exact) mass is 274 g/mol. The predicted octanol–water partition coefficient (Wildman–Crippen LogP) is 1.68. The van der Waals surface area contributed by atoms with Gasteiger partial charge >= 0.3 is 0 Å². The van der Waals surface area contributed by atoms with Crippen molar-refractivity contribution >= 4 is 11.5 Å². The van der Waals surface area contributed by atoms with Crippen LogP contribution in [0.15, 0.2) is 29.1 Å². The number of nitrogens with two attached hydrogens (primary N) is 1. The summed E-state index contributed by atoms with van der Waals surface area (Å²) in [5.41, 5.74) is 7.24. The average molecular weight is 274 g/mol. The van der Waals surface area contributed by atoms with Crippen LogP contribution in [0.4, 0.5) is 11.5 Å². The highest BCUT2D eigenvalue weighted by Crippen LogP contribution is 2.24. The van der Waals surface area contributed by atoms with Crippen molar-refractivity contribution in [2.45, 2.75) is 20.4 Å². The number of anilines is 2. The molecule has 0 aliphatic rings. The number of ether oxygens (including phenoxy) is 1. The Morgan fingerprint density at radius 1 is 1.40 bits per heavy atom. The first-order chi connectivity index (χ1) is 9.62. The molecule has 6 heteroatoms. The van der Waals surface area contributed by atoms with E-state index in [1.54, 1.807) is 6.92 Å². The van der Waals surface area contributed by atoms with Gasteiger partial charge in [-0.3, -0.25) is 4.79 Å². The number of aromatic amines is 1. The first kappa shape index (κ1) is 14.1. The molecule has 106 valence electrons. The van der Waals surface area contributed by atoms with Crippen molar-refractivity contribution in [2.75, 3.05) is 11.9 Å². The number of nitrogens with zero attached hydrogens (tertiary/aromatic N) is 1. The maximum absolute atomic E-state index is 11.4. The second-order valence-electron chi connectivity index (χ2n) is 4.30. The van der Waals surface area contributed by atoms with E-state index in [1.807, 2.05) is 25.1 Å². The van der Waals surface area contributed by atoms with Gasteiger partial charge in [0.2, 0.25) is 0 Å². The summed E-state index contributed by atoms with van der Waals surface area (Å²) >= 11 is 0. The molecule has 2 rings (SSSR count). The van der Waals surface area contributed by atoms with E-state index in [4.69, 9.17) is 10.5 Å². The smallest absolute Gasteiger partial charge is 0.252 e. The molecule has 0 saturated carbocycles.